The molecule has 190 valence electrons. The van der Waals surface area contributed by atoms with Crippen LogP contribution in [0.15, 0.2) is 60.7 Å². The number of benzene rings is 3. The lowest BCUT2D eigenvalue weighted by Gasteiger charge is -2.33. The van der Waals surface area contributed by atoms with Crippen molar-refractivity contribution in [1.82, 2.24) is 4.57 Å². The average molecular weight is 503 g/mol. The van der Waals surface area contributed by atoms with Crippen molar-refractivity contribution in [2.24, 2.45) is 0 Å². The summed E-state index contributed by atoms with van der Waals surface area (Å²) in [6.45, 7) is 4.41. The van der Waals surface area contributed by atoms with Crippen molar-refractivity contribution < 1.29 is 28.6 Å². The number of carbonyl (C=O) groups excluding carboxylic acids is 1. The summed E-state index contributed by atoms with van der Waals surface area (Å²) in [6, 6.07) is 17.3. The maximum Gasteiger partial charge on any atom is 0.307 e. The highest BCUT2D eigenvalue weighted by Gasteiger charge is 2.25. The molecular weight excluding hydrogens is 475 g/mol. The van der Waals surface area contributed by atoms with Crippen LogP contribution in [0.25, 0.3) is 10.9 Å². The Hall–Kier alpha value is -4.33. The molecule has 0 bridgehead atoms. The van der Waals surface area contributed by atoms with Crippen LogP contribution >= 0.6 is 0 Å². The van der Waals surface area contributed by atoms with Gasteiger partial charge < -0.3 is 19.5 Å². The van der Waals surface area contributed by atoms with Crippen molar-refractivity contribution in [3.63, 3.8) is 0 Å². The number of carboxylic acids is 1. The monoisotopic (exact) mass is 502 g/mol. The maximum atomic E-state index is 15.2. The van der Waals surface area contributed by atoms with Gasteiger partial charge in [0.1, 0.15) is 30.0 Å². The highest BCUT2D eigenvalue weighted by Crippen LogP contribution is 2.32. The van der Waals surface area contributed by atoms with Gasteiger partial charge in [0.05, 0.1) is 29.7 Å². The molecule has 0 fully saturated rings. The van der Waals surface area contributed by atoms with Crippen molar-refractivity contribution in [2.45, 2.75) is 26.4 Å². The van der Waals surface area contributed by atoms with Crippen molar-refractivity contribution in [1.29, 1.82) is 0 Å². The second-order valence-electron chi connectivity index (χ2n) is 9.34. The Kier molecular flexibility index (Phi) is 6.33. The lowest BCUT2D eigenvalue weighted by Crippen LogP contribution is -2.41. The van der Waals surface area contributed by atoms with Gasteiger partial charge in [0.2, 0.25) is 0 Å². The van der Waals surface area contributed by atoms with Gasteiger partial charge in [0, 0.05) is 24.2 Å². The quantitative estimate of drug-likeness (QED) is 0.400. The standard InChI is InChI=1S/C29H27FN2O5/c1-17-8-11-25-23(12-17)22(14-28(33)34)18(2)32(25)29(35)21-10-9-19(13-24(21)30)36-16-20-15-31(3)26-6-4-5-7-27(26)37-20/h4-13,20H,14-16H2,1-3H3,(H,33,34)/t20-/m0/s1. The minimum Gasteiger partial charge on any atom is -0.490 e. The van der Waals surface area contributed by atoms with Gasteiger partial charge in [-0.15, -0.1) is 0 Å². The molecule has 0 spiro atoms. The summed E-state index contributed by atoms with van der Waals surface area (Å²) in [4.78, 5) is 27.0. The molecule has 4 aromatic rings. The maximum absolute atomic E-state index is 15.2. The third kappa shape index (κ3) is 4.62. The molecule has 1 atom stereocenters. The molecule has 37 heavy (non-hydrogen) atoms. The van der Waals surface area contributed by atoms with E-state index in [9.17, 15) is 14.7 Å². The van der Waals surface area contributed by atoms with Crippen molar-refractivity contribution in [2.75, 3.05) is 25.1 Å². The number of rotatable bonds is 6. The van der Waals surface area contributed by atoms with Gasteiger partial charge in [-0.25, -0.2) is 4.39 Å². The fraction of sp³-hybridized carbons (Fsp3) is 0.241. The number of para-hydroxylation sites is 2. The number of likely N-dealkylation sites (N-methyl/N-ethyl adjacent to an activating group) is 1. The SMILES string of the molecule is Cc1ccc2c(c1)c(CC(=O)O)c(C)n2C(=O)c1ccc(OC[C@@H]2CN(C)c3ccccc3O2)cc1F. The Morgan fingerprint density at radius 2 is 1.89 bits per heavy atom. The molecule has 2 heterocycles. The summed E-state index contributed by atoms with van der Waals surface area (Å²) in [5, 5.41) is 10.1. The molecule has 0 radical (unpaired) electrons. The molecule has 0 saturated carbocycles. The van der Waals surface area contributed by atoms with Crippen LogP contribution in [0.4, 0.5) is 10.1 Å². The second-order valence-corrected chi connectivity index (χ2v) is 9.34. The summed E-state index contributed by atoms with van der Waals surface area (Å²) in [6.07, 6.45) is -0.473. The summed E-state index contributed by atoms with van der Waals surface area (Å²) in [5.74, 6) is -1.23. The highest BCUT2D eigenvalue weighted by molar-refractivity contribution is 6.05. The molecule has 0 saturated heterocycles. The predicted molar refractivity (Wildman–Crippen MR) is 139 cm³/mol. The van der Waals surface area contributed by atoms with Crippen molar-refractivity contribution in [3.8, 4) is 11.5 Å². The lowest BCUT2D eigenvalue weighted by atomic mass is 10.1. The van der Waals surface area contributed by atoms with E-state index < -0.39 is 17.7 Å². The zero-order valence-corrected chi connectivity index (χ0v) is 20.8. The first-order valence-electron chi connectivity index (χ1n) is 12.0. The number of halogens is 1. The average Bonchev–Trinajstić information content (AvgIpc) is 3.12. The van der Waals surface area contributed by atoms with E-state index in [1.165, 1.54) is 16.7 Å². The first-order valence-corrected chi connectivity index (χ1v) is 12.0. The van der Waals surface area contributed by atoms with E-state index in [2.05, 4.69) is 4.90 Å². The van der Waals surface area contributed by atoms with Crippen molar-refractivity contribution in [3.05, 3.63) is 88.9 Å². The summed E-state index contributed by atoms with van der Waals surface area (Å²) in [7, 11) is 1.98. The zero-order valence-electron chi connectivity index (χ0n) is 20.8. The number of ether oxygens (including phenoxy) is 2. The minimum absolute atomic E-state index is 0.127. The molecule has 0 unspecified atom stereocenters. The van der Waals surface area contributed by atoms with E-state index in [0.717, 1.165) is 17.0 Å². The largest absolute Gasteiger partial charge is 0.490 e. The topological polar surface area (TPSA) is 81.0 Å². The van der Waals surface area contributed by atoms with E-state index in [1.54, 1.807) is 19.1 Å². The molecule has 1 aliphatic rings. The molecule has 0 aliphatic carbocycles. The highest BCUT2D eigenvalue weighted by atomic mass is 19.1. The number of anilines is 1. The van der Waals surface area contributed by atoms with Gasteiger partial charge in [0.15, 0.2) is 0 Å². The van der Waals surface area contributed by atoms with Crippen LogP contribution in [0.3, 0.4) is 0 Å². The summed E-state index contributed by atoms with van der Waals surface area (Å²) in [5.41, 5.74) is 3.38. The van der Waals surface area contributed by atoms with Gasteiger partial charge in [0.25, 0.3) is 5.91 Å². The molecule has 7 nitrogen and oxygen atoms in total. The van der Waals surface area contributed by atoms with E-state index in [4.69, 9.17) is 9.47 Å². The van der Waals surface area contributed by atoms with Gasteiger partial charge in [-0.3, -0.25) is 14.2 Å². The number of hydrogen-bond donors (Lipinski definition) is 1. The normalized spacial score (nSPS) is 14.8. The Morgan fingerprint density at radius 3 is 2.65 bits per heavy atom. The number of fused-ring (bicyclic) bond motifs is 2. The van der Waals surface area contributed by atoms with E-state index in [-0.39, 0.29) is 30.4 Å². The van der Waals surface area contributed by atoms with Gasteiger partial charge in [-0.1, -0.05) is 23.8 Å². The Morgan fingerprint density at radius 1 is 1.11 bits per heavy atom. The summed E-state index contributed by atoms with van der Waals surface area (Å²) < 4.78 is 28.4. The number of aliphatic carboxylic acids is 1. The third-order valence-electron chi connectivity index (χ3n) is 6.68. The molecule has 5 rings (SSSR count). The molecule has 3 aromatic carbocycles. The number of aryl methyl sites for hydroxylation is 1. The fourth-order valence-electron chi connectivity index (χ4n) is 4.88. The number of carboxylic acid groups (broad SMARTS) is 1. The van der Waals surface area contributed by atoms with Crippen LogP contribution in [0, 0.1) is 19.7 Å². The van der Waals surface area contributed by atoms with Crippen LogP contribution in [0.2, 0.25) is 0 Å². The van der Waals surface area contributed by atoms with Crippen LogP contribution < -0.4 is 14.4 Å². The van der Waals surface area contributed by atoms with Crippen LogP contribution in [-0.2, 0) is 11.2 Å². The van der Waals surface area contributed by atoms with E-state index >= 15 is 4.39 Å². The third-order valence-corrected chi connectivity index (χ3v) is 6.68. The Labute approximate surface area is 213 Å². The zero-order chi connectivity index (χ0) is 26.3. The number of nitrogens with zero attached hydrogens (tertiary/aromatic N) is 2. The lowest BCUT2D eigenvalue weighted by molar-refractivity contribution is -0.136. The predicted octanol–water partition coefficient (Wildman–Crippen LogP) is 4.99. The molecule has 1 N–H and O–H groups in total. The smallest absolute Gasteiger partial charge is 0.307 e. The molecule has 1 aliphatic heterocycles. The van der Waals surface area contributed by atoms with Gasteiger partial charge >= 0.3 is 5.97 Å². The fourth-order valence-corrected chi connectivity index (χ4v) is 4.88. The summed E-state index contributed by atoms with van der Waals surface area (Å²) >= 11 is 0. The van der Waals surface area contributed by atoms with E-state index in [1.807, 2.05) is 50.4 Å². The molecular formula is C29H27FN2O5. The first kappa shape index (κ1) is 24.4. The molecule has 1 aromatic heterocycles. The minimum atomic E-state index is -1.000. The number of carbonyl (C=O) groups is 2. The number of hydrogen-bond acceptors (Lipinski definition) is 5. The first-order chi connectivity index (χ1) is 17.7. The Balaban J connectivity index is 1.37. The Bertz CT molecular complexity index is 1530. The van der Waals surface area contributed by atoms with E-state index in [0.29, 0.717) is 28.7 Å². The van der Waals surface area contributed by atoms with Gasteiger partial charge in [-0.05, 0) is 55.8 Å². The number of aromatic nitrogens is 1. The van der Waals surface area contributed by atoms with Crippen LogP contribution in [-0.4, -0.2) is 47.9 Å². The van der Waals surface area contributed by atoms with Gasteiger partial charge in [-0.2, -0.15) is 0 Å². The van der Waals surface area contributed by atoms with Crippen LogP contribution in [0.1, 0.15) is 27.2 Å². The molecule has 8 heteroatoms. The van der Waals surface area contributed by atoms with Crippen molar-refractivity contribution >= 4 is 28.5 Å². The second kappa shape index (κ2) is 9.61. The van der Waals surface area contributed by atoms with Crippen LogP contribution in [0.5, 0.6) is 11.5 Å². The molecule has 0 amide bonds.